The average molecular weight is 352 g/mol. The Bertz CT molecular complexity index is 538. The maximum Gasteiger partial charge on any atom is 0.237 e. The largest absolute Gasteiger partial charge is 0.376 e. The number of carbonyl (C=O) groups excluding carboxylic acids is 1. The molecule has 3 rings (SSSR count). The molecule has 0 radical (unpaired) electrons. The molecule has 1 aromatic carbocycles. The number of hydrogen-bond acceptors (Lipinski definition) is 4. The molecule has 2 aliphatic rings. The zero-order chi connectivity index (χ0) is 16.9. The summed E-state index contributed by atoms with van der Waals surface area (Å²) in [7, 11) is 0. The Labute approximate surface area is 148 Å². The van der Waals surface area contributed by atoms with E-state index < -0.39 is 0 Å². The van der Waals surface area contributed by atoms with E-state index in [0.717, 1.165) is 50.7 Å². The average Bonchev–Trinajstić information content (AvgIpc) is 3.13. The second kappa shape index (κ2) is 8.19. The maximum atomic E-state index is 12.4. The summed E-state index contributed by atoms with van der Waals surface area (Å²) in [4.78, 5) is 16.9. The van der Waals surface area contributed by atoms with Crippen molar-refractivity contribution in [1.29, 1.82) is 0 Å². The minimum Gasteiger partial charge on any atom is -0.376 e. The number of amides is 1. The van der Waals surface area contributed by atoms with Crippen LogP contribution in [0.15, 0.2) is 24.3 Å². The fourth-order valence-corrected chi connectivity index (χ4v) is 3.48. The molecule has 0 unspecified atom stereocenters. The van der Waals surface area contributed by atoms with Gasteiger partial charge >= 0.3 is 0 Å². The van der Waals surface area contributed by atoms with Crippen molar-refractivity contribution < 1.29 is 9.53 Å². The Kier molecular flexibility index (Phi) is 5.98. The molecule has 2 fully saturated rings. The second-order valence-corrected chi connectivity index (χ2v) is 6.99. The summed E-state index contributed by atoms with van der Waals surface area (Å²) in [6.45, 7) is 7.06. The molecule has 0 aliphatic carbocycles. The number of hydrogen-bond donors (Lipinski definition) is 1. The lowest BCUT2D eigenvalue weighted by Gasteiger charge is -2.38. The molecular formula is C18H26ClN3O2. The van der Waals surface area contributed by atoms with Crippen molar-refractivity contribution in [3.05, 3.63) is 29.3 Å². The highest BCUT2D eigenvalue weighted by molar-refractivity contribution is 6.30. The van der Waals surface area contributed by atoms with Gasteiger partial charge < -0.3 is 15.0 Å². The molecule has 24 heavy (non-hydrogen) atoms. The lowest BCUT2D eigenvalue weighted by molar-refractivity contribution is -0.126. The van der Waals surface area contributed by atoms with Crippen LogP contribution in [0.25, 0.3) is 0 Å². The van der Waals surface area contributed by atoms with E-state index in [1.165, 1.54) is 5.69 Å². The summed E-state index contributed by atoms with van der Waals surface area (Å²) < 4.78 is 5.56. The summed E-state index contributed by atoms with van der Waals surface area (Å²) in [5, 5.41) is 3.80. The van der Waals surface area contributed by atoms with Gasteiger partial charge in [0.05, 0.1) is 12.1 Å². The van der Waals surface area contributed by atoms with Crippen LogP contribution >= 0.6 is 11.6 Å². The number of piperazine rings is 1. The van der Waals surface area contributed by atoms with Crippen molar-refractivity contribution in [3.63, 3.8) is 0 Å². The van der Waals surface area contributed by atoms with Crippen LogP contribution in [0.2, 0.25) is 5.02 Å². The van der Waals surface area contributed by atoms with E-state index in [2.05, 4.69) is 27.2 Å². The van der Waals surface area contributed by atoms with Gasteiger partial charge in [-0.05, 0) is 44.0 Å². The Balaban J connectivity index is 1.44. The van der Waals surface area contributed by atoms with Gasteiger partial charge in [0.1, 0.15) is 0 Å². The van der Waals surface area contributed by atoms with E-state index in [1.54, 1.807) is 0 Å². The van der Waals surface area contributed by atoms with Gasteiger partial charge in [-0.1, -0.05) is 11.6 Å². The highest BCUT2D eigenvalue weighted by Gasteiger charge is 2.26. The number of rotatable bonds is 5. The standard InChI is InChI=1S/C18H26ClN3O2/c1-14(18(23)20-13-17-3-2-12-24-17)21-8-10-22(11-9-21)16-6-4-15(19)5-7-16/h4-7,14,17H,2-3,8-13H2,1H3,(H,20,23)/t14-,17+/m0/s1. The number of nitrogens with zero attached hydrogens (tertiary/aromatic N) is 2. The highest BCUT2D eigenvalue weighted by Crippen LogP contribution is 2.20. The lowest BCUT2D eigenvalue weighted by atomic mass is 10.2. The molecule has 0 spiro atoms. The minimum absolute atomic E-state index is 0.0984. The van der Waals surface area contributed by atoms with Crippen molar-refractivity contribution >= 4 is 23.2 Å². The summed E-state index contributed by atoms with van der Waals surface area (Å²) in [5.74, 6) is 0.102. The van der Waals surface area contributed by atoms with Crippen molar-refractivity contribution in [2.75, 3.05) is 44.2 Å². The number of benzene rings is 1. The molecule has 132 valence electrons. The first-order valence-corrected chi connectivity index (χ1v) is 9.15. The Hall–Kier alpha value is -1.30. The molecule has 1 N–H and O–H groups in total. The van der Waals surface area contributed by atoms with E-state index in [0.29, 0.717) is 6.54 Å². The number of nitrogens with one attached hydrogen (secondary N) is 1. The predicted octanol–water partition coefficient (Wildman–Crippen LogP) is 2.15. The molecular weight excluding hydrogens is 326 g/mol. The van der Waals surface area contributed by atoms with Gasteiger partial charge in [0.25, 0.3) is 0 Å². The van der Waals surface area contributed by atoms with Crippen molar-refractivity contribution in [1.82, 2.24) is 10.2 Å². The van der Waals surface area contributed by atoms with Crippen molar-refractivity contribution in [3.8, 4) is 0 Å². The Morgan fingerprint density at radius 2 is 2.00 bits per heavy atom. The first-order chi connectivity index (χ1) is 11.6. The lowest BCUT2D eigenvalue weighted by Crippen LogP contribution is -2.54. The van der Waals surface area contributed by atoms with Crippen LogP contribution in [0.3, 0.4) is 0 Å². The van der Waals surface area contributed by atoms with Crippen LogP contribution in [0.1, 0.15) is 19.8 Å². The van der Waals surface area contributed by atoms with E-state index >= 15 is 0 Å². The molecule has 0 aromatic heterocycles. The molecule has 2 aliphatic heterocycles. The SMILES string of the molecule is C[C@@H](C(=O)NC[C@H]1CCCO1)N1CCN(c2ccc(Cl)cc2)CC1. The molecule has 2 heterocycles. The molecule has 6 heteroatoms. The quantitative estimate of drug-likeness (QED) is 0.882. The number of ether oxygens (including phenoxy) is 1. The summed E-state index contributed by atoms with van der Waals surface area (Å²) in [6, 6.07) is 7.85. The highest BCUT2D eigenvalue weighted by atomic mass is 35.5. The zero-order valence-electron chi connectivity index (χ0n) is 14.2. The monoisotopic (exact) mass is 351 g/mol. The first kappa shape index (κ1) is 17.5. The molecule has 5 nitrogen and oxygen atoms in total. The normalized spacial score (nSPS) is 23.2. The van der Waals surface area contributed by atoms with E-state index in [1.807, 2.05) is 19.1 Å². The second-order valence-electron chi connectivity index (χ2n) is 6.56. The summed E-state index contributed by atoms with van der Waals surface area (Å²) >= 11 is 5.95. The van der Waals surface area contributed by atoms with Crippen molar-refractivity contribution in [2.45, 2.75) is 31.9 Å². The van der Waals surface area contributed by atoms with E-state index in [-0.39, 0.29) is 18.1 Å². The van der Waals surface area contributed by atoms with Crippen LogP contribution in [-0.4, -0.2) is 62.3 Å². The Morgan fingerprint density at radius 3 is 2.62 bits per heavy atom. The third-order valence-corrected chi connectivity index (χ3v) is 5.21. The smallest absolute Gasteiger partial charge is 0.237 e. The molecule has 2 saturated heterocycles. The van der Waals surface area contributed by atoms with Crippen LogP contribution in [0, 0.1) is 0 Å². The Morgan fingerprint density at radius 1 is 1.29 bits per heavy atom. The predicted molar refractivity (Wildman–Crippen MR) is 96.7 cm³/mol. The summed E-state index contributed by atoms with van der Waals surface area (Å²) in [5.41, 5.74) is 1.19. The fourth-order valence-electron chi connectivity index (χ4n) is 3.35. The van der Waals surface area contributed by atoms with Crippen LogP contribution in [0.4, 0.5) is 5.69 Å². The molecule has 2 atom stereocenters. The molecule has 0 bridgehead atoms. The zero-order valence-corrected chi connectivity index (χ0v) is 15.0. The first-order valence-electron chi connectivity index (χ1n) is 8.77. The van der Waals surface area contributed by atoms with Crippen LogP contribution < -0.4 is 10.2 Å². The van der Waals surface area contributed by atoms with Gasteiger partial charge in [-0.15, -0.1) is 0 Å². The third kappa shape index (κ3) is 4.41. The number of anilines is 1. The van der Waals surface area contributed by atoms with E-state index in [4.69, 9.17) is 16.3 Å². The molecule has 1 aromatic rings. The van der Waals surface area contributed by atoms with Gasteiger partial charge in [0.15, 0.2) is 0 Å². The van der Waals surface area contributed by atoms with Gasteiger partial charge in [-0.2, -0.15) is 0 Å². The number of halogens is 1. The van der Waals surface area contributed by atoms with Gasteiger partial charge in [0.2, 0.25) is 5.91 Å². The number of carbonyl (C=O) groups is 1. The van der Waals surface area contributed by atoms with Gasteiger partial charge in [-0.3, -0.25) is 9.69 Å². The maximum absolute atomic E-state index is 12.4. The summed E-state index contributed by atoms with van der Waals surface area (Å²) in [6.07, 6.45) is 2.35. The topological polar surface area (TPSA) is 44.8 Å². The fraction of sp³-hybridized carbons (Fsp3) is 0.611. The minimum atomic E-state index is -0.0984. The van der Waals surface area contributed by atoms with Crippen LogP contribution in [0.5, 0.6) is 0 Å². The van der Waals surface area contributed by atoms with Gasteiger partial charge in [0, 0.05) is 50.0 Å². The van der Waals surface area contributed by atoms with Crippen LogP contribution in [-0.2, 0) is 9.53 Å². The third-order valence-electron chi connectivity index (χ3n) is 4.96. The van der Waals surface area contributed by atoms with E-state index in [9.17, 15) is 4.79 Å². The van der Waals surface area contributed by atoms with Gasteiger partial charge in [-0.25, -0.2) is 0 Å². The molecule has 1 amide bonds. The molecule has 0 saturated carbocycles. The van der Waals surface area contributed by atoms with Crippen molar-refractivity contribution in [2.24, 2.45) is 0 Å².